The number of nitrogens with two attached hydrogens (primary N) is 1. The molecule has 1 aliphatic heterocycles. The van der Waals surface area contributed by atoms with E-state index in [-0.39, 0.29) is 34.6 Å². The maximum absolute atomic E-state index is 13.2. The number of rotatable bonds is 7. The largest absolute Gasteiger partial charge is 0.480 e. The summed E-state index contributed by atoms with van der Waals surface area (Å²) in [6, 6.07) is 8.59. The maximum atomic E-state index is 13.2. The molecule has 4 aromatic rings. The van der Waals surface area contributed by atoms with E-state index in [4.69, 9.17) is 29.0 Å². The lowest BCUT2D eigenvalue weighted by molar-refractivity contribution is -0.139. The van der Waals surface area contributed by atoms with Crippen LogP contribution in [-0.4, -0.2) is 62.7 Å². The van der Waals surface area contributed by atoms with Gasteiger partial charge in [-0.2, -0.15) is 9.89 Å². The molecule has 3 amide bonds. The highest BCUT2D eigenvalue weighted by Crippen LogP contribution is 2.35. The third-order valence-electron chi connectivity index (χ3n) is 6.58. The Morgan fingerprint density at radius 1 is 1.15 bits per heavy atom. The summed E-state index contributed by atoms with van der Waals surface area (Å²) in [6.07, 6.45) is 1.96. The number of carboxylic acid groups (broad SMARTS) is 1. The Bertz CT molecular complexity index is 1650. The summed E-state index contributed by atoms with van der Waals surface area (Å²) in [4.78, 5) is 53.6. The van der Waals surface area contributed by atoms with Crippen molar-refractivity contribution in [2.24, 2.45) is 0 Å². The summed E-state index contributed by atoms with van der Waals surface area (Å²) >= 11 is 14.3. The predicted molar refractivity (Wildman–Crippen MR) is 150 cm³/mol. The average Bonchev–Trinajstić information content (AvgIpc) is 3.60. The van der Waals surface area contributed by atoms with Crippen LogP contribution < -0.4 is 16.5 Å². The summed E-state index contributed by atoms with van der Waals surface area (Å²) in [5.41, 5.74) is 2.32. The number of aromatic nitrogens is 2. The number of carbonyl (C=O) groups is 4. The number of aliphatic carboxylic acids is 1. The summed E-state index contributed by atoms with van der Waals surface area (Å²) in [6.45, 7) is 0.203. The molecule has 0 bridgehead atoms. The summed E-state index contributed by atoms with van der Waals surface area (Å²) < 4.78 is 0. The summed E-state index contributed by atoms with van der Waals surface area (Å²) in [7, 11) is 0. The van der Waals surface area contributed by atoms with E-state index in [1.807, 2.05) is 0 Å². The second kappa shape index (κ2) is 11.2. The number of carboxylic acids is 1. The van der Waals surface area contributed by atoms with Crippen molar-refractivity contribution in [3.63, 3.8) is 0 Å². The van der Waals surface area contributed by atoms with Crippen LogP contribution in [0, 0.1) is 0 Å². The van der Waals surface area contributed by atoms with Crippen LogP contribution in [0.5, 0.6) is 0 Å². The Hall–Kier alpha value is -4.13. The molecule has 3 heterocycles. The molecule has 0 radical (unpaired) electrons. The lowest BCUT2D eigenvalue weighted by Crippen LogP contribution is -2.48. The number of thiophene rings is 1. The van der Waals surface area contributed by atoms with Crippen LogP contribution >= 0.6 is 34.5 Å². The van der Waals surface area contributed by atoms with Crippen LogP contribution in [0.4, 0.5) is 0 Å². The third kappa shape index (κ3) is 5.33. The zero-order valence-corrected chi connectivity index (χ0v) is 23.0. The SMILES string of the molecule is Nn1ncc2ccc(C(=O)N3CCc4c(cc(Cl)c(C(=O)N[C@@H](CNC(=O)c5cccs5)C(=O)O)c4Cl)C3)cc21. The van der Waals surface area contributed by atoms with Crippen LogP contribution in [0.1, 0.15) is 41.5 Å². The normalized spacial score (nSPS) is 13.5. The van der Waals surface area contributed by atoms with Gasteiger partial charge in [-0.25, -0.2) is 4.79 Å². The molecule has 0 spiro atoms. The van der Waals surface area contributed by atoms with Crippen LogP contribution in [0.25, 0.3) is 10.9 Å². The molecular weight excluding hydrogens is 579 g/mol. The van der Waals surface area contributed by atoms with Crippen molar-refractivity contribution in [2.45, 2.75) is 19.0 Å². The molecule has 0 aliphatic carbocycles. The van der Waals surface area contributed by atoms with Crippen LogP contribution in [-0.2, 0) is 17.8 Å². The Labute approximate surface area is 241 Å². The molecule has 14 heteroatoms. The van der Waals surface area contributed by atoms with Gasteiger partial charge in [-0.05, 0) is 47.2 Å². The van der Waals surface area contributed by atoms with Gasteiger partial charge in [0.1, 0.15) is 6.04 Å². The Balaban J connectivity index is 1.31. The molecule has 5 rings (SSSR count). The van der Waals surface area contributed by atoms with E-state index >= 15 is 0 Å². The Morgan fingerprint density at radius 3 is 2.67 bits per heavy atom. The molecule has 0 unspecified atom stereocenters. The van der Waals surface area contributed by atoms with Gasteiger partial charge in [0.05, 0.1) is 32.2 Å². The minimum atomic E-state index is -1.42. The minimum Gasteiger partial charge on any atom is -0.480 e. The third-order valence-corrected chi connectivity index (χ3v) is 8.16. The molecule has 11 nitrogen and oxygen atoms in total. The molecule has 206 valence electrons. The lowest BCUT2D eigenvalue weighted by Gasteiger charge is -2.30. The zero-order chi connectivity index (χ0) is 28.6. The number of halogens is 2. The Kier molecular flexibility index (Phi) is 7.66. The van der Waals surface area contributed by atoms with E-state index in [0.29, 0.717) is 40.0 Å². The second-order valence-electron chi connectivity index (χ2n) is 9.08. The van der Waals surface area contributed by atoms with Gasteiger partial charge in [0.25, 0.3) is 17.7 Å². The molecule has 0 fully saturated rings. The summed E-state index contributed by atoms with van der Waals surface area (Å²) in [5.74, 6) is 3.03. The van der Waals surface area contributed by atoms with Crippen LogP contribution in [0.3, 0.4) is 0 Å². The smallest absolute Gasteiger partial charge is 0.328 e. The first-order chi connectivity index (χ1) is 19.1. The molecule has 40 heavy (non-hydrogen) atoms. The number of amides is 3. The second-order valence-corrected chi connectivity index (χ2v) is 10.8. The lowest BCUT2D eigenvalue weighted by atomic mass is 9.95. The monoisotopic (exact) mass is 600 g/mol. The fraction of sp³-hybridized carbons (Fsp3) is 0.192. The van der Waals surface area contributed by atoms with E-state index < -0.39 is 23.8 Å². The van der Waals surface area contributed by atoms with Gasteiger partial charge in [-0.15, -0.1) is 11.3 Å². The molecule has 0 saturated heterocycles. The standard InChI is InChI=1S/C26H22Cl2N6O5S/c27-17-8-15-12-33(25(37)13-3-4-14-10-31-34(29)19(14)9-13)6-5-16(15)22(28)21(17)24(36)32-18(26(38)39)11-30-23(35)20-2-1-7-40-20/h1-4,7-10,18H,5-6,11-12,29H2,(H,30,35)(H,32,36)(H,38,39)/t18-/m0/s1. The van der Waals surface area contributed by atoms with Crippen molar-refractivity contribution in [2.75, 3.05) is 18.9 Å². The van der Waals surface area contributed by atoms with E-state index in [1.54, 1.807) is 52.9 Å². The predicted octanol–water partition coefficient (Wildman–Crippen LogP) is 2.93. The number of fused-ring (bicyclic) bond motifs is 2. The number of hydrogen-bond donors (Lipinski definition) is 4. The van der Waals surface area contributed by atoms with Gasteiger partial charge < -0.3 is 26.5 Å². The van der Waals surface area contributed by atoms with Gasteiger partial charge in [-0.3, -0.25) is 14.4 Å². The first kappa shape index (κ1) is 27.4. The minimum absolute atomic E-state index is 0.00996. The molecule has 1 aliphatic rings. The van der Waals surface area contributed by atoms with Crippen molar-refractivity contribution in [1.29, 1.82) is 0 Å². The Morgan fingerprint density at radius 2 is 1.95 bits per heavy atom. The van der Waals surface area contributed by atoms with Crippen LogP contribution in [0.15, 0.2) is 48.0 Å². The topological polar surface area (TPSA) is 160 Å². The first-order valence-electron chi connectivity index (χ1n) is 12.0. The molecule has 0 saturated carbocycles. The number of hydrogen-bond acceptors (Lipinski definition) is 7. The van der Waals surface area contributed by atoms with Gasteiger partial charge in [0, 0.05) is 30.6 Å². The van der Waals surface area contributed by atoms with Crippen LogP contribution in [0.2, 0.25) is 10.0 Å². The fourth-order valence-electron chi connectivity index (χ4n) is 4.51. The van der Waals surface area contributed by atoms with Gasteiger partial charge in [0.15, 0.2) is 0 Å². The highest BCUT2D eigenvalue weighted by molar-refractivity contribution is 7.12. The highest BCUT2D eigenvalue weighted by atomic mass is 35.5. The number of benzene rings is 2. The van der Waals surface area contributed by atoms with Crippen molar-refractivity contribution >= 4 is 69.1 Å². The van der Waals surface area contributed by atoms with Gasteiger partial charge in [-0.1, -0.05) is 35.3 Å². The van der Waals surface area contributed by atoms with E-state index in [9.17, 15) is 24.3 Å². The maximum Gasteiger partial charge on any atom is 0.328 e. The van der Waals surface area contributed by atoms with Crippen molar-refractivity contribution in [1.82, 2.24) is 25.4 Å². The molecule has 5 N–H and O–H groups in total. The van der Waals surface area contributed by atoms with Crippen molar-refractivity contribution in [3.8, 4) is 0 Å². The molecular formula is C26H22Cl2N6O5S. The number of nitrogens with one attached hydrogen (secondary N) is 2. The van der Waals surface area contributed by atoms with E-state index in [2.05, 4.69) is 15.7 Å². The van der Waals surface area contributed by atoms with E-state index in [1.165, 1.54) is 16.1 Å². The number of nitrogens with zero attached hydrogens (tertiary/aromatic N) is 3. The number of nitrogen functional groups attached to an aromatic ring is 1. The quantitative estimate of drug-likeness (QED) is 0.237. The highest BCUT2D eigenvalue weighted by Gasteiger charge is 2.30. The average molecular weight is 601 g/mol. The van der Waals surface area contributed by atoms with Gasteiger partial charge in [0.2, 0.25) is 0 Å². The molecule has 1 atom stereocenters. The van der Waals surface area contributed by atoms with Crippen molar-refractivity contribution in [3.05, 3.63) is 85.2 Å². The molecule has 2 aromatic carbocycles. The summed E-state index contributed by atoms with van der Waals surface area (Å²) in [5, 5.41) is 21.1. The molecule has 2 aromatic heterocycles. The van der Waals surface area contributed by atoms with E-state index in [0.717, 1.165) is 5.39 Å². The van der Waals surface area contributed by atoms with Crippen molar-refractivity contribution < 1.29 is 24.3 Å². The first-order valence-corrected chi connectivity index (χ1v) is 13.6. The zero-order valence-electron chi connectivity index (χ0n) is 20.7. The fourth-order valence-corrected chi connectivity index (χ4v) is 5.91. The van der Waals surface area contributed by atoms with Gasteiger partial charge >= 0.3 is 5.97 Å². The number of carbonyl (C=O) groups excluding carboxylic acids is 3.